The molecule has 0 amide bonds. The number of allylic oxidation sites excluding steroid dienone is 4. The molecule has 2 N–H and O–H groups in total. The minimum Gasteiger partial charge on any atom is -0.476 e. The lowest BCUT2D eigenvalue weighted by Gasteiger charge is -2.20. The molecule has 176 valence electrons. The standard InChI is InChI=1S/C23H23N5O5S/c1-3-27-21(31)26-20(28(23(27)32)12-15-6-4-14(2)5-7-15)24-16-8-10-17(11-9-16)33-22-25-18(13-34-22)19(29)30/h4-6,8-11,13,15H,3,7,12H2,1-2H3,(H,29,30)(H,24,26,31). The zero-order valence-corrected chi connectivity index (χ0v) is 19.4. The van der Waals surface area contributed by atoms with Crippen molar-refractivity contribution >= 4 is 28.9 Å². The number of aromatic carboxylic acids is 1. The molecule has 3 aromatic rings. The maximum absolute atomic E-state index is 13.0. The van der Waals surface area contributed by atoms with E-state index in [9.17, 15) is 14.4 Å². The van der Waals surface area contributed by atoms with Gasteiger partial charge in [0.1, 0.15) is 5.75 Å². The van der Waals surface area contributed by atoms with Crippen LogP contribution in [0, 0.1) is 5.92 Å². The summed E-state index contributed by atoms with van der Waals surface area (Å²) in [4.78, 5) is 44.4. The zero-order chi connectivity index (χ0) is 24.2. The Balaban J connectivity index is 1.56. The molecule has 4 rings (SSSR count). The molecular formula is C23H23N5O5S. The predicted molar refractivity (Wildman–Crippen MR) is 128 cm³/mol. The number of aromatic nitrogens is 4. The number of nitrogens with one attached hydrogen (secondary N) is 1. The number of hydrogen-bond donors (Lipinski definition) is 2. The van der Waals surface area contributed by atoms with Gasteiger partial charge in [-0.2, -0.15) is 9.97 Å². The average Bonchev–Trinajstić information content (AvgIpc) is 3.28. The molecule has 0 saturated heterocycles. The molecule has 0 fully saturated rings. The van der Waals surface area contributed by atoms with Gasteiger partial charge in [-0.1, -0.05) is 35.1 Å². The maximum Gasteiger partial charge on any atom is 0.355 e. The van der Waals surface area contributed by atoms with E-state index in [-0.39, 0.29) is 29.3 Å². The van der Waals surface area contributed by atoms with Gasteiger partial charge in [0.2, 0.25) is 5.95 Å². The van der Waals surface area contributed by atoms with Crippen LogP contribution in [0.1, 0.15) is 30.8 Å². The lowest BCUT2D eigenvalue weighted by Crippen LogP contribution is -2.43. The molecular weight excluding hydrogens is 458 g/mol. The van der Waals surface area contributed by atoms with E-state index in [0.717, 1.165) is 22.3 Å². The summed E-state index contributed by atoms with van der Waals surface area (Å²) in [6.07, 6.45) is 7.00. The van der Waals surface area contributed by atoms with Crippen LogP contribution >= 0.6 is 11.3 Å². The minimum atomic E-state index is -1.12. The molecule has 2 aromatic heterocycles. The monoisotopic (exact) mass is 481 g/mol. The molecule has 1 unspecified atom stereocenters. The fraction of sp³-hybridized carbons (Fsp3) is 0.261. The second-order valence-electron chi connectivity index (χ2n) is 7.71. The first kappa shape index (κ1) is 23.2. The van der Waals surface area contributed by atoms with E-state index >= 15 is 0 Å². The SMILES string of the molecule is CCn1c(=O)nc(Nc2ccc(Oc3nc(C(=O)O)cs3)cc2)n(CC2C=CC(C)=CC2)c1=O. The summed E-state index contributed by atoms with van der Waals surface area (Å²) in [5, 5.41) is 13.6. The molecule has 0 bridgehead atoms. The molecule has 0 spiro atoms. The van der Waals surface area contributed by atoms with Crippen LogP contribution in [0.25, 0.3) is 0 Å². The van der Waals surface area contributed by atoms with Gasteiger partial charge >= 0.3 is 17.3 Å². The second kappa shape index (κ2) is 9.87. The van der Waals surface area contributed by atoms with Crippen molar-refractivity contribution < 1.29 is 14.6 Å². The van der Waals surface area contributed by atoms with Crippen LogP contribution in [0.15, 0.2) is 63.0 Å². The summed E-state index contributed by atoms with van der Waals surface area (Å²) in [7, 11) is 0. The first-order valence-electron chi connectivity index (χ1n) is 10.6. The number of rotatable bonds is 8. The highest BCUT2D eigenvalue weighted by Crippen LogP contribution is 2.27. The van der Waals surface area contributed by atoms with Gasteiger partial charge in [0.25, 0.3) is 5.19 Å². The number of benzene rings is 1. The van der Waals surface area contributed by atoms with Crippen LogP contribution in [0.3, 0.4) is 0 Å². The van der Waals surface area contributed by atoms with E-state index in [2.05, 4.69) is 27.4 Å². The molecule has 2 heterocycles. The smallest absolute Gasteiger partial charge is 0.355 e. The normalized spacial score (nSPS) is 15.1. The van der Waals surface area contributed by atoms with Gasteiger partial charge in [-0.15, -0.1) is 0 Å². The van der Waals surface area contributed by atoms with Crippen molar-refractivity contribution in [1.29, 1.82) is 0 Å². The Kier molecular flexibility index (Phi) is 6.73. The first-order chi connectivity index (χ1) is 16.3. The van der Waals surface area contributed by atoms with Gasteiger partial charge < -0.3 is 15.2 Å². The van der Waals surface area contributed by atoms with E-state index in [1.54, 1.807) is 31.2 Å². The van der Waals surface area contributed by atoms with Crippen LogP contribution in [-0.2, 0) is 13.1 Å². The summed E-state index contributed by atoms with van der Waals surface area (Å²) in [5.74, 6) is -0.391. The number of thiazole rings is 1. The van der Waals surface area contributed by atoms with Crippen LogP contribution < -0.4 is 21.4 Å². The predicted octanol–water partition coefficient (Wildman–Crippen LogP) is 3.64. The van der Waals surface area contributed by atoms with Gasteiger partial charge in [-0.05, 0) is 50.5 Å². The van der Waals surface area contributed by atoms with Crippen LogP contribution in [-0.4, -0.2) is 30.2 Å². The highest BCUT2D eigenvalue weighted by Gasteiger charge is 2.17. The van der Waals surface area contributed by atoms with Gasteiger partial charge in [-0.3, -0.25) is 4.57 Å². The van der Waals surface area contributed by atoms with Crippen LogP contribution in [0.4, 0.5) is 11.6 Å². The maximum atomic E-state index is 13.0. The number of hydrogen-bond acceptors (Lipinski definition) is 8. The number of ether oxygens (including phenoxy) is 1. The zero-order valence-electron chi connectivity index (χ0n) is 18.6. The number of nitrogens with zero attached hydrogens (tertiary/aromatic N) is 4. The van der Waals surface area contributed by atoms with Crippen molar-refractivity contribution in [2.24, 2.45) is 5.92 Å². The van der Waals surface area contributed by atoms with Crippen molar-refractivity contribution in [3.8, 4) is 10.9 Å². The Morgan fingerprint density at radius 3 is 2.62 bits per heavy atom. The Hall–Kier alpha value is -3.99. The minimum absolute atomic E-state index is 0.0809. The number of anilines is 2. The molecule has 0 saturated carbocycles. The third-order valence-electron chi connectivity index (χ3n) is 5.27. The van der Waals surface area contributed by atoms with Crippen LogP contribution in [0.5, 0.6) is 10.9 Å². The Bertz CT molecular complexity index is 1380. The van der Waals surface area contributed by atoms with E-state index in [1.165, 1.54) is 15.5 Å². The van der Waals surface area contributed by atoms with Gasteiger partial charge in [-0.25, -0.2) is 19.0 Å². The fourth-order valence-corrected chi connectivity index (χ4v) is 4.10. The lowest BCUT2D eigenvalue weighted by atomic mass is 9.97. The number of carbonyl (C=O) groups is 1. The number of carboxylic acids is 1. The molecule has 1 aliphatic carbocycles. The summed E-state index contributed by atoms with van der Waals surface area (Å²) in [5.41, 5.74) is 0.671. The van der Waals surface area contributed by atoms with Gasteiger partial charge in [0.15, 0.2) is 5.69 Å². The van der Waals surface area contributed by atoms with Crippen molar-refractivity contribution in [3.05, 3.63) is 80.1 Å². The molecule has 1 aromatic carbocycles. The van der Waals surface area contributed by atoms with Crippen molar-refractivity contribution in [2.75, 3.05) is 5.32 Å². The van der Waals surface area contributed by atoms with Gasteiger partial charge in [0.05, 0.1) is 0 Å². The second-order valence-corrected chi connectivity index (χ2v) is 8.53. The van der Waals surface area contributed by atoms with Crippen LogP contribution in [0.2, 0.25) is 0 Å². The third-order valence-corrected chi connectivity index (χ3v) is 5.99. The molecule has 1 atom stereocenters. The Labute approximate surface area is 198 Å². The highest BCUT2D eigenvalue weighted by atomic mass is 32.1. The Morgan fingerprint density at radius 1 is 1.24 bits per heavy atom. The molecule has 34 heavy (non-hydrogen) atoms. The average molecular weight is 482 g/mol. The van der Waals surface area contributed by atoms with E-state index in [4.69, 9.17) is 9.84 Å². The molecule has 10 nitrogen and oxygen atoms in total. The fourth-order valence-electron chi connectivity index (χ4n) is 3.44. The summed E-state index contributed by atoms with van der Waals surface area (Å²) >= 11 is 1.08. The van der Waals surface area contributed by atoms with E-state index < -0.39 is 17.3 Å². The third kappa shape index (κ3) is 5.15. The summed E-state index contributed by atoms with van der Waals surface area (Å²) < 4.78 is 8.19. The summed E-state index contributed by atoms with van der Waals surface area (Å²) in [6.45, 7) is 4.37. The molecule has 11 heteroatoms. The molecule has 0 aliphatic heterocycles. The van der Waals surface area contributed by atoms with E-state index in [1.807, 2.05) is 13.0 Å². The van der Waals surface area contributed by atoms with Crippen molar-refractivity contribution in [3.63, 3.8) is 0 Å². The topological polar surface area (TPSA) is 128 Å². The summed E-state index contributed by atoms with van der Waals surface area (Å²) in [6, 6.07) is 6.74. The Morgan fingerprint density at radius 2 is 2.00 bits per heavy atom. The largest absolute Gasteiger partial charge is 0.476 e. The quantitative estimate of drug-likeness (QED) is 0.499. The van der Waals surface area contributed by atoms with Crippen molar-refractivity contribution in [1.82, 2.24) is 19.1 Å². The van der Waals surface area contributed by atoms with Gasteiger partial charge in [0, 0.05) is 24.2 Å². The van der Waals surface area contributed by atoms with E-state index in [0.29, 0.717) is 18.0 Å². The highest BCUT2D eigenvalue weighted by molar-refractivity contribution is 7.11. The van der Waals surface area contributed by atoms with Crippen molar-refractivity contribution in [2.45, 2.75) is 33.4 Å². The molecule has 0 radical (unpaired) electrons. The number of carboxylic acid groups (broad SMARTS) is 1. The molecule has 1 aliphatic rings. The lowest BCUT2D eigenvalue weighted by molar-refractivity contribution is 0.0690. The first-order valence-corrected chi connectivity index (χ1v) is 11.5.